The highest BCUT2D eigenvalue weighted by Gasteiger charge is 2.07. The highest BCUT2D eigenvalue weighted by molar-refractivity contribution is 5.80. The summed E-state index contributed by atoms with van der Waals surface area (Å²) in [4.78, 5) is 11.5. The molecule has 0 unspecified atom stereocenters. The second-order valence-electron chi connectivity index (χ2n) is 4.96. The monoisotopic (exact) mass is 286 g/mol. The number of para-hydroxylation sites is 1. The number of rotatable bonds is 5. The third-order valence-corrected chi connectivity index (χ3v) is 3.32. The molecule has 2 aromatic rings. The molecule has 0 aliphatic heterocycles. The van der Waals surface area contributed by atoms with Crippen molar-refractivity contribution >= 4 is 11.6 Å². The van der Waals surface area contributed by atoms with Crippen LogP contribution in [0, 0.1) is 12.7 Å². The molecule has 3 nitrogen and oxygen atoms in total. The molecule has 2 N–H and O–H groups in total. The SMILES string of the molecule is CNC(=O)Cc1ccccc1NCc1cc(C)ccc1F. The zero-order chi connectivity index (χ0) is 15.2. The average Bonchev–Trinajstić information content (AvgIpc) is 2.49. The number of hydrogen-bond acceptors (Lipinski definition) is 2. The van der Waals surface area contributed by atoms with Gasteiger partial charge in [0.15, 0.2) is 0 Å². The minimum absolute atomic E-state index is 0.0500. The second-order valence-corrected chi connectivity index (χ2v) is 4.96. The van der Waals surface area contributed by atoms with E-state index in [1.54, 1.807) is 13.1 Å². The van der Waals surface area contributed by atoms with Crippen molar-refractivity contribution < 1.29 is 9.18 Å². The van der Waals surface area contributed by atoms with Crippen LogP contribution in [0.1, 0.15) is 16.7 Å². The van der Waals surface area contributed by atoms with Crippen LogP contribution in [0.25, 0.3) is 0 Å². The number of halogens is 1. The molecule has 0 aromatic heterocycles. The lowest BCUT2D eigenvalue weighted by Crippen LogP contribution is -2.20. The molecule has 0 spiro atoms. The fourth-order valence-electron chi connectivity index (χ4n) is 2.14. The first-order chi connectivity index (χ1) is 10.1. The molecule has 0 saturated carbocycles. The van der Waals surface area contributed by atoms with Crippen LogP contribution < -0.4 is 10.6 Å². The molecular weight excluding hydrogens is 267 g/mol. The van der Waals surface area contributed by atoms with E-state index in [1.165, 1.54) is 6.07 Å². The summed E-state index contributed by atoms with van der Waals surface area (Å²) >= 11 is 0. The van der Waals surface area contributed by atoms with Gasteiger partial charge in [0.05, 0.1) is 6.42 Å². The van der Waals surface area contributed by atoms with E-state index in [0.29, 0.717) is 18.5 Å². The van der Waals surface area contributed by atoms with Crippen LogP contribution in [0.2, 0.25) is 0 Å². The number of aryl methyl sites for hydroxylation is 1. The molecule has 2 rings (SSSR count). The third kappa shape index (κ3) is 4.05. The average molecular weight is 286 g/mol. The number of likely N-dealkylation sites (N-methyl/N-ethyl adjacent to an activating group) is 1. The van der Waals surface area contributed by atoms with Crippen LogP contribution in [0.15, 0.2) is 42.5 Å². The Morgan fingerprint density at radius 2 is 1.90 bits per heavy atom. The molecule has 0 aliphatic carbocycles. The minimum atomic E-state index is -0.225. The van der Waals surface area contributed by atoms with Gasteiger partial charge in [-0.25, -0.2) is 4.39 Å². The Labute approximate surface area is 124 Å². The van der Waals surface area contributed by atoms with Crippen molar-refractivity contribution in [1.29, 1.82) is 0 Å². The molecule has 0 fully saturated rings. The van der Waals surface area contributed by atoms with E-state index >= 15 is 0 Å². The molecule has 1 amide bonds. The van der Waals surface area contributed by atoms with Crippen molar-refractivity contribution in [2.75, 3.05) is 12.4 Å². The lowest BCUT2D eigenvalue weighted by Gasteiger charge is -2.12. The lowest BCUT2D eigenvalue weighted by molar-refractivity contribution is -0.119. The number of anilines is 1. The van der Waals surface area contributed by atoms with E-state index in [2.05, 4.69) is 10.6 Å². The van der Waals surface area contributed by atoms with Gasteiger partial charge in [-0.3, -0.25) is 4.79 Å². The van der Waals surface area contributed by atoms with Crippen LogP contribution in [0.5, 0.6) is 0 Å². The second kappa shape index (κ2) is 6.88. The highest BCUT2D eigenvalue weighted by atomic mass is 19.1. The van der Waals surface area contributed by atoms with Gasteiger partial charge in [-0.05, 0) is 24.6 Å². The van der Waals surface area contributed by atoms with Gasteiger partial charge in [-0.2, -0.15) is 0 Å². The Balaban J connectivity index is 2.13. The summed E-state index contributed by atoms with van der Waals surface area (Å²) in [6.07, 6.45) is 0.302. The predicted molar refractivity (Wildman–Crippen MR) is 82.7 cm³/mol. The van der Waals surface area contributed by atoms with Crippen LogP contribution in [-0.2, 0) is 17.8 Å². The summed E-state index contributed by atoms with van der Waals surface area (Å²) in [5, 5.41) is 5.81. The topological polar surface area (TPSA) is 41.1 Å². The van der Waals surface area contributed by atoms with Gasteiger partial charge >= 0.3 is 0 Å². The first kappa shape index (κ1) is 15.0. The summed E-state index contributed by atoms with van der Waals surface area (Å²) in [7, 11) is 1.61. The van der Waals surface area contributed by atoms with Crippen molar-refractivity contribution in [2.24, 2.45) is 0 Å². The Kier molecular flexibility index (Phi) is 4.93. The van der Waals surface area contributed by atoms with E-state index in [-0.39, 0.29) is 11.7 Å². The Morgan fingerprint density at radius 1 is 1.14 bits per heavy atom. The smallest absolute Gasteiger partial charge is 0.224 e. The maximum absolute atomic E-state index is 13.7. The van der Waals surface area contributed by atoms with Gasteiger partial charge in [-0.15, -0.1) is 0 Å². The summed E-state index contributed by atoms with van der Waals surface area (Å²) in [5.74, 6) is -0.275. The molecule has 0 radical (unpaired) electrons. The van der Waals surface area contributed by atoms with Crippen LogP contribution in [-0.4, -0.2) is 13.0 Å². The fraction of sp³-hybridized carbons (Fsp3) is 0.235. The van der Waals surface area contributed by atoms with Crippen molar-refractivity contribution in [1.82, 2.24) is 5.32 Å². The van der Waals surface area contributed by atoms with E-state index in [4.69, 9.17) is 0 Å². The first-order valence-electron chi connectivity index (χ1n) is 6.87. The summed E-state index contributed by atoms with van der Waals surface area (Å²) in [5.41, 5.74) is 3.38. The summed E-state index contributed by atoms with van der Waals surface area (Å²) in [6, 6.07) is 12.6. The third-order valence-electron chi connectivity index (χ3n) is 3.32. The van der Waals surface area contributed by atoms with E-state index in [0.717, 1.165) is 16.8 Å². The van der Waals surface area contributed by atoms with Gasteiger partial charge < -0.3 is 10.6 Å². The number of benzene rings is 2. The van der Waals surface area contributed by atoms with Gasteiger partial charge in [0.25, 0.3) is 0 Å². The summed E-state index contributed by atoms with van der Waals surface area (Å²) in [6.45, 7) is 2.32. The largest absolute Gasteiger partial charge is 0.381 e. The van der Waals surface area contributed by atoms with Crippen molar-refractivity contribution in [3.8, 4) is 0 Å². The maximum atomic E-state index is 13.7. The van der Waals surface area contributed by atoms with Crippen molar-refractivity contribution in [3.63, 3.8) is 0 Å². The quantitative estimate of drug-likeness (QED) is 0.887. The van der Waals surface area contributed by atoms with E-state index in [1.807, 2.05) is 37.3 Å². The molecule has 0 heterocycles. The molecule has 0 bridgehead atoms. The van der Waals surface area contributed by atoms with Crippen molar-refractivity contribution in [2.45, 2.75) is 19.9 Å². The van der Waals surface area contributed by atoms with Gasteiger partial charge in [0.2, 0.25) is 5.91 Å². The van der Waals surface area contributed by atoms with Crippen molar-refractivity contribution in [3.05, 3.63) is 65.0 Å². The standard InChI is InChI=1S/C17H19FN2O/c1-12-7-8-15(18)14(9-12)11-20-16-6-4-3-5-13(16)10-17(21)19-2/h3-9,20H,10-11H2,1-2H3,(H,19,21). The molecular formula is C17H19FN2O. The molecule has 0 aliphatic rings. The number of amides is 1. The van der Waals surface area contributed by atoms with E-state index < -0.39 is 0 Å². The first-order valence-corrected chi connectivity index (χ1v) is 6.87. The molecule has 0 saturated heterocycles. The number of nitrogens with one attached hydrogen (secondary N) is 2. The lowest BCUT2D eigenvalue weighted by atomic mass is 10.1. The predicted octanol–water partition coefficient (Wildman–Crippen LogP) is 3.03. The number of carbonyl (C=O) groups is 1. The maximum Gasteiger partial charge on any atom is 0.224 e. The molecule has 0 atom stereocenters. The minimum Gasteiger partial charge on any atom is -0.381 e. The fourth-order valence-corrected chi connectivity index (χ4v) is 2.14. The highest BCUT2D eigenvalue weighted by Crippen LogP contribution is 2.18. The van der Waals surface area contributed by atoms with Crippen LogP contribution in [0.4, 0.5) is 10.1 Å². The Bertz CT molecular complexity index is 640. The normalized spacial score (nSPS) is 10.2. The molecule has 21 heavy (non-hydrogen) atoms. The van der Waals surface area contributed by atoms with Gasteiger partial charge in [-0.1, -0.05) is 35.9 Å². The van der Waals surface area contributed by atoms with E-state index in [9.17, 15) is 9.18 Å². The van der Waals surface area contributed by atoms with Gasteiger partial charge in [0, 0.05) is 24.8 Å². The molecule has 110 valence electrons. The van der Waals surface area contributed by atoms with Gasteiger partial charge in [0.1, 0.15) is 5.82 Å². The number of carbonyl (C=O) groups excluding carboxylic acids is 1. The molecule has 2 aromatic carbocycles. The Hall–Kier alpha value is -2.36. The molecule has 4 heteroatoms. The van der Waals surface area contributed by atoms with Crippen LogP contribution >= 0.6 is 0 Å². The zero-order valence-electron chi connectivity index (χ0n) is 12.2. The number of hydrogen-bond donors (Lipinski definition) is 2. The Morgan fingerprint density at radius 3 is 2.67 bits per heavy atom. The van der Waals surface area contributed by atoms with Crippen LogP contribution in [0.3, 0.4) is 0 Å². The zero-order valence-corrected chi connectivity index (χ0v) is 12.2. The summed E-state index contributed by atoms with van der Waals surface area (Å²) < 4.78 is 13.7.